The molecule has 0 fully saturated rings. The Kier molecular flexibility index (Phi) is 5.03. The van der Waals surface area contributed by atoms with Gasteiger partial charge in [-0.15, -0.1) is 0 Å². The van der Waals surface area contributed by atoms with Crippen molar-refractivity contribution in [3.63, 3.8) is 0 Å². The van der Waals surface area contributed by atoms with Crippen molar-refractivity contribution < 1.29 is 9.53 Å². The summed E-state index contributed by atoms with van der Waals surface area (Å²) < 4.78 is 5.55. The van der Waals surface area contributed by atoms with E-state index in [0.29, 0.717) is 24.7 Å². The van der Waals surface area contributed by atoms with E-state index in [2.05, 4.69) is 22.3 Å². The first kappa shape index (κ1) is 15.7. The van der Waals surface area contributed by atoms with Crippen molar-refractivity contribution in [1.29, 1.82) is 0 Å². The standard InChI is InChI=1S/C18H19ClN2O2/c19-15-5-7-16(8-6-15)23-12-10-20-18(22)13-21-11-9-14-3-1-2-4-17(14)21/h1-8H,9-13H2,(H,20,22). The van der Waals surface area contributed by atoms with Crippen molar-refractivity contribution in [3.8, 4) is 5.75 Å². The highest BCUT2D eigenvalue weighted by Crippen LogP contribution is 2.26. The first-order valence-corrected chi connectivity index (χ1v) is 8.08. The van der Waals surface area contributed by atoms with Crippen LogP contribution in [0.15, 0.2) is 48.5 Å². The molecule has 0 unspecified atom stereocenters. The number of hydrogen-bond acceptors (Lipinski definition) is 3. The fourth-order valence-corrected chi connectivity index (χ4v) is 2.82. The van der Waals surface area contributed by atoms with Gasteiger partial charge in [-0.1, -0.05) is 29.8 Å². The molecule has 1 aliphatic rings. The third kappa shape index (κ3) is 4.17. The van der Waals surface area contributed by atoms with Gasteiger partial charge in [0.15, 0.2) is 0 Å². The highest BCUT2D eigenvalue weighted by molar-refractivity contribution is 6.30. The molecule has 0 saturated heterocycles. The van der Waals surface area contributed by atoms with Gasteiger partial charge in [-0.25, -0.2) is 0 Å². The van der Waals surface area contributed by atoms with E-state index in [9.17, 15) is 4.79 Å². The van der Waals surface area contributed by atoms with E-state index < -0.39 is 0 Å². The predicted molar refractivity (Wildman–Crippen MR) is 92.3 cm³/mol. The van der Waals surface area contributed by atoms with Gasteiger partial charge in [-0.2, -0.15) is 0 Å². The van der Waals surface area contributed by atoms with Crippen molar-refractivity contribution in [2.24, 2.45) is 0 Å². The highest BCUT2D eigenvalue weighted by atomic mass is 35.5. The number of fused-ring (bicyclic) bond motifs is 1. The lowest BCUT2D eigenvalue weighted by Crippen LogP contribution is -2.38. The number of hydrogen-bond donors (Lipinski definition) is 1. The summed E-state index contributed by atoms with van der Waals surface area (Å²) in [5.41, 5.74) is 2.48. The van der Waals surface area contributed by atoms with Gasteiger partial charge in [0, 0.05) is 17.3 Å². The number of rotatable bonds is 6. The number of carbonyl (C=O) groups is 1. The van der Waals surface area contributed by atoms with Gasteiger partial charge >= 0.3 is 0 Å². The molecule has 0 bridgehead atoms. The van der Waals surface area contributed by atoms with Gasteiger partial charge in [-0.3, -0.25) is 4.79 Å². The zero-order chi connectivity index (χ0) is 16.1. The average molecular weight is 331 g/mol. The number of para-hydroxylation sites is 1. The molecule has 5 heteroatoms. The molecule has 1 amide bonds. The number of ether oxygens (including phenoxy) is 1. The minimum atomic E-state index is 0.0152. The molecule has 4 nitrogen and oxygen atoms in total. The molecule has 1 heterocycles. The van der Waals surface area contributed by atoms with Crippen LogP contribution in [0.5, 0.6) is 5.75 Å². The quantitative estimate of drug-likeness (QED) is 0.828. The summed E-state index contributed by atoms with van der Waals surface area (Å²) in [7, 11) is 0. The van der Waals surface area contributed by atoms with E-state index in [-0.39, 0.29) is 5.91 Å². The Morgan fingerprint density at radius 2 is 1.96 bits per heavy atom. The van der Waals surface area contributed by atoms with E-state index in [1.807, 2.05) is 24.3 Å². The zero-order valence-corrected chi connectivity index (χ0v) is 13.6. The molecule has 0 atom stereocenters. The van der Waals surface area contributed by atoms with Crippen molar-refractivity contribution in [3.05, 3.63) is 59.1 Å². The Balaban J connectivity index is 1.40. The third-order valence-corrected chi connectivity index (χ3v) is 4.08. The first-order valence-electron chi connectivity index (χ1n) is 7.70. The number of amides is 1. The molecule has 1 aliphatic heterocycles. The maximum atomic E-state index is 12.0. The van der Waals surface area contributed by atoms with E-state index in [0.717, 1.165) is 18.7 Å². The largest absolute Gasteiger partial charge is 0.492 e. The van der Waals surface area contributed by atoms with E-state index in [4.69, 9.17) is 16.3 Å². The number of anilines is 1. The predicted octanol–water partition coefficient (Wildman–Crippen LogP) is 2.90. The van der Waals surface area contributed by atoms with Crippen molar-refractivity contribution in [1.82, 2.24) is 5.32 Å². The van der Waals surface area contributed by atoms with Crippen LogP contribution in [0.4, 0.5) is 5.69 Å². The lowest BCUT2D eigenvalue weighted by molar-refractivity contribution is -0.119. The summed E-state index contributed by atoms with van der Waals surface area (Å²) in [5, 5.41) is 3.57. The van der Waals surface area contributed by atoms with Crippen molar-refractivity contribution >= 4 is 23.2 Å². The van der Waals surface area contributed by atoms with Crippen LogP contribution in [-0.2, 0) is 11.2 Å². The van der Waals surface area contributed by atoms with E-state index in [1.165, 1.54) is 11.3 Å². The molecule has 2 aromatic carbocycles. The summed E-state index contributed by atoms with van der Waals surface area (Å²) >= 11 is 5.81. The summed E-state index contributed by atoms with van der Waals surface area (Å²) in [6.45, 7) is 2.20. The van der Waals surface area contributed by atoms with Gasteiger partial charge < -0.3 is 15.0 Å². The maximum Gasteiger partial charge on any atom is 0.239 e. The van der Waals surface area contributed by atoms with Crippen molar-refractivity contribution in [2.45, 2.75) is 6.42 Å². The number of nitrogens with one attached hydrogen (secondary N) is 1. The van der Waals surface area contributed by atoms with Crippen LogP contribution in [-0.4, -0.2) is 32.1 Å². The van der Waals surface area contributed by atoms with Crippen LogP contribution < -0.4 is 15.0 Å². The van der Waals surface area contributed by atoms with Gasteiger partial charge in [-0.05, 0) is 42.3 Å². The maximum absolute atomic E-state index is 12.0. The molecule has 0 aromatic heterocycles. The second kappa shape index (κ2) is 7.38. The van der Waals surface area contributed by atoms with Crippen LogP contribution in [0.3, 0.4) is 0 Å². The van der Waals surface area contributed by atoms with Gasteiger partial charge in [0.2, 0.25) is 5.91 Å². The smallest absolute Gasteiger partial charge is 0.239 e. The van der Waals surface area contributed by atoms with Crippen LogP contribution in [0, 0.1) is 0 Å². The Bertz CT molecular complexity index is 673. The summed E-state index contributed by atoms with van der Waals surface area (Å²) in [5.74, 6) is 0.763. The molecular weight excluding hydrogens is 312 g/mol. The lowest BCUT2D eigenvalue weighted by atomic mass is 10.2. The first-order chi connectivity index (χ1) is 11.2. The average Bonchev–Trinajstić information content (AvgIpc) is 2.96. The van der Waals surface area contributed by atoms with Gasteiger partial charge in [0.05, 0.1) is 13.1 Å². The molecule has 0 aliphatic carbocycles. The molecule has 0 saturated carbocycles. The molecule has 3 rings (SSSR count). The van der Waals surface area contributed by atoms with E-state index in [1.54, 1.807) is 12.1 Å². The van der Waals surface area contributed by atoms with Crippen molar-refractivity contribution in [2.75, 3.05) is 31.1 Å². The second-order valence-electron chi connectivity index (χ2n) is 5.45. The molecule has 23 heavy (non-hydrogen) atoms. The fourth-order valence-electron chi connectivity index (χ4n) is 2.69. The normalized spacial score (nSPS) is 12.8. The molecule has 2 aromatic rings. The Hall–Kier alpha value is -2.20. The SMILES string of the molecule is O=C(CN1CCc2ccccc21)NCCOc1ccc(Cl)cc1. The molecule has 0 radical (unpaired) electrons. The van der Waals surface area contributed by atoms with E-state index >= 15 is 0 Å². The summed E-state index contributed by atoms with van der Waals surface area (Å²) in [6.07, 6.45) is 1.00. The van der Waals surface area contributed by atoms with Gasteiger partial charge in [0.1, 0.15) is 12.4 Å². The van der Waals surface area contributed by atoms with Crippen LogP contribution in [0.1, 0.15) is 5.56 Å². The topological polar surface area (TPSA) is 41.6 Å². The lowest BCUT2D eigenvalue weighted by Gasteiger charge is -2.18. The van der Waals surface area contributed by atoms with Crippen LogP contribution in [0.25, 0.3) is 0 Å². The van der Waals surface area contributed by atoms with Crippen LogP contribution >= 0.6 is 11.6 Å². The molecule has 1 N–H and O–H groups in total. The molecular formula is C18H19ClN2O2. The van der Waals surface area contributed by atoms with Crippen LogP contribution in [0.2, 0.25) is 5.02 Å². The number of halogens is 1. The fraction of sp³-hybridized carbons (Fsp3) is 0.278. The van der Waals surface area contributed by atoms with Gasteiger partial charge in [0.25, 0.3) is 0 Å². The minimum Gasteiger partial charge on any atom is -0.492 e. The second-order valence-corrected chi connectivity index (χ2v) is 5.89. The summed E-state index contributed by atoms with van der Waals surface area (Å²) in [6, 6.07) is 15.4. The number of nitrogens with zero attached hydrogens (tertiary/aromatic N) is 1. The molecule has 0 spiro atoms. The Morgan fingerprint density at radius 1 is 1.17 bits per heavy atom. The monoisotopic (exact) mass is 330 g/mol. The zero-order valence-electron chi connectivity index (χ0n) is 12.8. The Labute approximate surface area is 141 Å². The minimum absolute atomic E-state index is 0.0152. The Morgan fingerprint density at radius 3 is 2.78 bits per heavy atom. The third-order valence-electron chi connectivity index (χ3n) is 3.82. The number of benzene rings is 2. The molecule has 120 valence electrons. The summed E-state index contributed by atoms with van der Waals surface area (Å²) in [4.78, 5) is 14.2. The number of carbonyl (C=O) groups excluding carboxylic acids is 1. The highest BCUT2D eigenvalue weighted by Gasteiger charge is 2.20.